The molecule has 1 aromatic rings. The first-order valence-electron chi connectivity index (χ1n) is 5.52. The quantitative estimate of drug-likeness (QED) is 0.734. The average Bonchev–Trinajstić information content (AvgIpc) is 2.42. The molecule has 1 aromatic heterocycles. The Morgan fingerprint density at radius 3 is 2.50 bits per heavy atom. The lowest BCUT2D eigenvalue weighted by atomic mass is 10.1. The predicted octanol–water partition coefficient (Wildman–Crippen LogP) is 2.53. The minimum Gasteiger partial charge on any atom is -0.384 e. The van der Waals surface area contributed by atoms with Gasteiger partial charge in [0.1, 0.15) is 11.6 Å². The largest absolute Gasteiger partial charge is 0.384 e. The third kappa shape index (κ3) is 2.28. The monoisotopic (exact) mass is 195 g/mol. The molecule has 2 N–H and O–H groups in total. The summed E-state index contributed by atoms with van der Waals surface area (Å²) in [5.41, 5.74) is 7.08. The van der Waals surface area contributed by atoms with Crippen LogP contribution in [0.15, 0.2) is 0 Å². The molecular formula is C11H21N3. The minimum atomic E-state index is 0.862. The summed E-state index contributed by atoms with van der Waals surface area (Å²) in [6.45, 7) is 7.24. The van der Waals surface area contributed by atoms with Gasteiger partial charge in [0.15, 0.2) is 0 Å². The van der Waals surface area contributed by atoms with Crippen LogP contribution in [-0.2, 0) is 13.0 Å². The number of imidazole rings is 1. The van der Waals surface area contributed by atoms with E-state index in [1.807, 2.05) is 6.92 Å². The second kappa shape index (κ2) is 5.03. The second-order valence-electron chi connectivity index (χ2n) is 3.69. The van der Waals surface area contributed by atoms with Crippen LogP contribution in [0.3, 0.4) is 0 Å². The van der Waals surface area contributed by atoms with E-state index in [0.717, 1.165) is 30.3 Å². The fourth-order valence-corrected chi connectivity index (χ4v) is 1.77. The zero-order valence-electron chi connectivity index (χ0n) is 9.51. The van der Waals surface area contributed by atoms with Crippen LogP contribution < -0.4 is 5.73 Å². The molecule has 80 valence electrons. The summed E-state index contributed by atoms with van der Waals surface area (Å²) in [5.74, 6) is 1.90. The molecule has 0 aromatic carbocycles. The number of nitrogens with two attached hydrogens (primary N) is 1. The maximum atomic E-state index is 6.00. The number of hydrogen-bond acceptors (Lipinski definition) is 2. The van der Waals surface area contributed by atoms with Gasteiger partial charge < -0.3 is 10.3 Å². The molecule has 1 rings (SSSR count). The molecule has 1 heterocycles. The van der Waals surface area contributed by atoms with Gasteiger partial charge in [-0.15, -0.1) is 0 Å². The summed E-state index contributed by atoms with van der Waals surface area (Å²) in [6.07, 6.45) is 4.72. The van der Waals surface area contributed by atoms with E-state index < -0.39 is 0 Å². The molecule has 0 aliphatic carbocycles. The Labute approximate surface area is 86.3 Å². The predicted molar refractivity (Wildman–Crippen MR) is 60.3 cm³/mol. The van der Waals surface area contributed by atoms with Crippen LogP contribution in [-0.4, -0.2) is 9.55 Å². The van der Waals surface area contributed by atoms with Crippen LogP contribution in [0.1, 0.15) is 44.6 Å². The molecule has 0 atom stereocenters. The van der Waals surface area contributed by atoms with Crippen LogP contribution in [0.2, 0.25) is 0 Å². The van der Waals surface area contributed by atoms with Gasteiger partial charge in [-0.25, -0.2) is 4.98 Å². The molecule has 14 heavy (non-hydrogen) atoms. The molecule has 0 aliphatic heterocycles. The fourth-order valence-electron chi connectivity index (χ4n) is 1.77. The van der Waals surface area contributed by atoms with Crippen LogP contribution in [0.5, 0.6) is 0 Å². The summed E-state index contributed by atoms with van der Waals surface area (Å²) in [5, 5.41) is 0. The number of aromatic nitrogens is 2. The molecule has 0 unspecified atom stereocenters. The zero-order chi connectivity index (χ0) is 10.6. The molecule has 0 radical (unpaired) electrons. The maximum absolute atomic E-state index is 6.00. The molecule has 0 bridgehead atoms. The van der Waals surface area contributed by atoms with Gasteiger partial charge in [0.05, 0.1) is 5.69 Å². The van der Waals surface area contributed by atoms with Crippen molar-refractivity contribution in [2.45, 2.75) is 53.0 Å². The minimum absolute atomic E-state index is 0.862. The summed E-state index contributed by atoms with van der Waals surface area (Å²) >= 11 is 0. The van der Waals surface area contributed by atoms with Gasteiger partial charge in [-0.1, -0.05) is 19.8 Å². The van der Waals surface area contributed by atoms with Crippen molar-refractivity contribution in [3.63, 3.8) is 0 Å². The molecule has 0 saturated heterocycles. The van der Waals surface area contributed by atoms with E-state index in [9.17, 15) is 0 Å². The fraction of sp³-hybridized carbons (Fsp3) is 0.727. The highest BCUT2D eigenvalue weighted by Crippen LogP contribution is 2.16. The Morgan fingerprint density at radius 1 is 1.29 bits per heavy atom. The van der Waals surface area contributed by atoms with Crippen LogP contribution >= 0.6 is 0 Å². The lowest BCUT2D eigenvalue weighted by Gasteiger charge is -2.02. The highest BCUT2D eigenvalue weighted by atomic mass is 15.1. The number of nitrogens with zero attached hydrogens (tertiary/aromatic N) is 2. The van der Waals surface area contributed by atoms with E-state index >= 15 is 0 Å². The Bertz CT molecular complexity index is 289. The molecule has 0 fully saturated rings. The number of hydrogen-bond donors (Lipinski definition) is 1. The first-order chi connectivity index (χ1) is 6.70. The Morgan fingerprint density at radius 2 is 2.00 bits per heavy atom. The highest BCUT2D eigenvalue weighted by molar-refractivity contribution is 5.38. The van der Waals surface area contributed by atoms with E-state index in [4.69, 9.17) is 5.73 Å². The van der Waals surface area contributed by atoms with Gasteiger partial charge in [0, 0.05) is 6.54 Å². The van der Waals surface area contributed by atoms with Gasteiger partial charge >= 0.3 is 0 Å². The third-order valence-electron chi connectivity index (χ3n) is 2.61. The van der Waals surface area contributed by atoms with E-state index in [1.165, 1.54) is 19.3 Å². The number of aryl methyl sites for hydroxylation is 2. The van der Waals surface area contributed by atoms with Crippen molar-refractivity contribution in [1.29, 1.82) is 0 Å². The van der Waals surface area contributed by atoms with Crippen molar-refractivity contribution in [3.8, 4) is 0 Å². The van der Waals surface area contributed by atoms with Crippen LogP contribution in [0, 0.1) is 6.92 Å². The summed E-state index contributed by atoms with van der Waals surface area (Å²) in [7, 11) is 0. The number of rotatable bonds is 5. The summed E-state index contributed by atoms with van der Waals surface area (Å²) in [4.78, 5) is 4.49. The van der Waals surface area contributed by atoms with Crippen molar-refractivity contribution >= 4 is 5.82 Å². The Hall–Kier alpha value is -0.990. The Balaban J connectivity index is 2.68. The van der Waals surface area contributed by atoms with Crippen molar-refractivity contribution in [3.05, 3.63) is 11.5 Å². The molecule has 3 heteroatoms. The SMILES string of the molecule is CCCCCc1nc(C)n(CC)c1N. The van der Waals surface area contributed by atoms with E-state index in [0.29, 0.717) is 0 Å². The highest BCUT2D eigenvalue weighted by Gasteiger charge is 2.09. The molecule has 0 aliphatic rings. The number of anilines is 1. The van der Waals surface area contributed by atoms with Crippen LogP contribution in [0.4, 0.5) is 5.82 Å². The first kappa shape index (κ1) is 11.1. The van der Waals surface area contributed by atoms with E-state index in [1.54, 1.807) is 0 Å². The maximum Gasteiger partial charge on any atom is 0.126 e. The lowest BCUT2D eigenvalue weighted by Crippen LogP contribution is -2.03. The summed E-state index contributed by atoms with van der Waals surface area (Å²) < 4.78 is 2.07. The van der Waals surface area contributed by atoms with E-state index in [-0.39, 0.29) is 0 Å². The molecule has 0 saturated carbocycles. The van der Waals surface area contributed by atoms with Gasteiger partial charge in [-0.05, 0) is 26.7 Å². The third-order valence-corrected chi connectivity index (χ3v) is 2.61. The standard InChI is InChI=1S/C11H21N3/c1-4-6-7-8-10-11(12)14(5-2)9(3)13-10/h4-8,12H2,1-3H3. The van der Waals surface area contributed by atoms with Crippen molar-refractivity contribution in [2.75, 3.05) is 5.73 Å². The normalized spacial score (nSPS) is 10.8. The average molecular weight is 195 g/mol. The first-order valence-corrected chi connectivity index (χ1v) is 5.52. The number of unbranched alkanes of at least 4 members (excludes halogenated alkanes) is 2. The molecule has 3 nitrogen and oxygen atoms in total. The van der Waals surface area contributed by atoms with Crippen molar-refractivity contribution in [2.24, 2.45) is 0 Å². The Kier molecular flexibility index (Phi) is 3.98. The van der Waals surface area contributed by atoms with Gasteiger partial charge in [-0.3, -0.25) is 0 Å². The van der Waals surface area contributed by atoms with Gasteiger partial charge in [0.25, 0.3) is 0 Å². The topological polar surface area (TPSA) is 43.8 Å². The lowest BCUT2D eigenvalue weighted by molar-refractivity contribution is 0.709. The molecule has 0 amide bonds. The second-order valence-corrected chi connectivity index (χ2v) is 3.69. The molecular weight excluding hydrogens is 174 g/mol. The van der Waals surface area contributed by atoms with Crippen LogP contribution in [0.25, 0.3) is 0 Å². The number of nitrogen functional groups attached to an aromatic ring is 1. The van der Waals surface area contributed by atoms with Crippen molar-refractivity contribution in [1.82, 2.24) is 9.55 Å². The van der Waals surface area contributed by atoms with Gasteiger partial charge in [-0.2, -0.15) is 0 Å². The summed E-state index contributed by atoms with van der Waals surface area (Å²) in [6, 6.07) is 0. The van der Waals surface area contributed by atoms with E-state index in [2.05, 4.69) is 23.4 Å². The zero-order valence-corrected chi connectivity index (χ0v) is 9.51. The molecule has 0 spiro atoms. The van der Waals surface area contributed by atoms with Crippen molar-refractivity contribution < 1.29 is 0 Å². The smallest absolute Gasteiger partial charge is 0.126 e. The van der Waals surface area contributed by atoms with Gasteiger partial charge in [0.2, 0.25) is 0 Å².